The number of aromatic nitrogens is 16. The van der Waals surface area contributed by atoms with E-state index in [1.807, 2.05) is 233 Å². The maximum Gasteiger partial charge on any atom is 0.315 e. The number of hydrogen-bond acceptors (Lipinski definition) is 22. The van der Waals surface area contributed by atoms with Gasteiger partial charge in [0, 0.05) is 137 Å². The lowest BCUT2D eigenvalue weighted by Gasteiger charge is -2.32. The number of fused-ring (bicyclic) bond motifs is 6. The summed E-state index contributed by atoms with van der Waals surface area (Å²) in [4.78, 5) is 66.5. The molecule has 4 fully saturated rings. The van der Waals surface area contributed by atoms with Crippen LogP contribution in [-0.4, -0.2) is 208 Å². The molecule has 0 bridgehead atoms. The minimum Gasteiger partial charge on any atom is -0.484 e. The van der Waals surface area contributed by atoms with Gasteiger partial charge in [0.1, 0.15) is 44.5 Å². The van der Waals surface area contributed by atoms with Gasteiger partial charge in [0.25, 0.3) is 11.8 Å². The molecule has 5 aliphatic rings. The smallest absolute Gasteiger partial charge is 0.315 e. The van der Waals surface area contributed by atoms with Crippen LogP contribution in [0.5, 0.6) is 5.75 Å². The number of rotatable bonds is 26. The third-order valence-corrected chi connectivity index (χ3v) is 30.1. The van der Waals surface area contributed by atoms with E-state index in [-0.39, 0.29) is 54.9 Å². The number of amides is 6. The Morgan fingerprint density at radius 2 is 1.10 bits per heavy atom. The molecule has 31 nitrogen and oxygen atoms in total. The summed E-state index contributed by atoms with van der Waals surface area (Å²) in [5.41, 5.74) is 20.8. The van der Waals surface area contributed by atoms with Gasteiger partial charge in [0.15, 0.2) is 23.5 Å². The van der Waals surface area contributed by atoms with Gasteiger partial charge >= 0.3 is 6.03 Å². The number of hydrazone groups is 1. The summed E-state index contributed by atoms with van der Waals surface area (Å²) >= 11 is 40.3. The fourth-order valence-corrected chi connectivity index (χ4v) is 21.8. The molecule has 0 unspecified atom stereocenters. The Morgan fingerprint density at radius 1 is 0.538 bits per heavy atom. The van der Waals surface area contributed by atoms with Crippen molar-refractivity contribution in [1.29, 1.82) is 0 Å². The molecule has 6 N–H and O–H groups in total. The van der Waals surface area contributed by atoms with Gasteiger partial charge in [0.2, 0.25) is 17.5 Å². The van der Waals surface area contributed by atoms with Gasteiger partial charge < -0.3 is 36.2 Å². The number of carbonyl (C=O) groups is 5. The fourth-order valence-electron chi connectivity index (χ4n) is 17.3. The van der Waals surface area contributed by atoms with Gasteiger partial charge in [-0.3, -0.25) is 28.8 Å². The molecule has 3 atom stereocenters. The molecule has 3 aliphatic heterocycles. The van der Waals surface area contributed by atoms with Crippen LogP contribution >= 0.6 is 108 Å². The number of thioether (sulfide) groups is 1. The summed E-state index contributed by atoms with van der Waals surface area (Å²) in [5, 5.41) is 78.5. The lowest BCUT2D eigenvalue weighted by atomic mass is 10.0. The highest BCUT2D eigenvalue weighted by molar-refractivity contribution is 14.1. The second-order valence-electron chi connectivity index (χ2n) is 35.2. The van der Waals surface area contributed by atoms with Crippen LogP contribution in [0.1, 0.15) is 101 Å². The number of hydrogen-bond donors (Lipinski definition) is 6. The van der Waals surface area contributed by atoms with Crippen LogP contribution in [0.2, 0.25) is 25.1 Å². The fraction of sp³-hybridized carbons (Fsp3) is 0.288. The standard InChI is InChI=1S/C32H35ClN8O3S.C26H23BrClN3O3.C18H20ClIN6.C15H13ClN4.C13H11ClN4/c33-27-26-28(20-10-3-1-4-11-20)40-41(31(26)39-38-29(27)21-12-5-2-6-13-21)18-25(43)35-17-9-16-34-24(42)15-8-7-14-23-30-22(19-45-23)36-32(44)37-30;1-15-11-18(27)5-8-21(15)26(33)29-19-6-3-17-4-10-24(22(17)13-19)30-31-25(32)14-34-20-7-9-23(28)16(2)12-20;1-24-7-9-25(10-8-24)11-12-26-17(20)14-15(19)16(21-22-18(14)23-26)13-5-3-2-4-6-13;1-20-15-11(13(19-20)10-7-8-10)12(16)14(17-18-15)9-5-3-2-4-6-9;1-8-10-11(14)12(9-6-4-3-5-7-9)15-16-13(10)18(2)17-8/h1-6,10-13,22-23,30H,7-9,14-19H2,(H,34,42)(H,35,43)(H2,36,37,44);3,5-9,11-13H,4,10,14H2,1-2H3,(H,29,33)(H,31,32);2-6H,7-12H2,1H3;2-6,10H,7-8H2,1H3;3-7H,1-2H3/b;30-24+;;;/t22-,23-,30-;;;;/m0..../s1. The summed E-state index contributed by atoms with van der Waals surface area (Å²) in [6.45, 7) is 12.6. The number of aryl methyl sites for hydroxylation is 6. The van der Waals surface area contributed by atoms with Crippen LogP contribution in [0, 0.1) is 24.5 Å². The normalized spacial score (nSPS) is 15.6. The van der Waals surface area contributed by atoms with E-state index < -0.39 is 0 Å². The average Bonchev–Trinajstić information content (AvgIpc) is 1.60. The Labute approximate surface area is 876 Å². The lowest BCUT2D eigenvalue weighted by Crippen LogP contribution is -2.45. The van der Waals surface area contributed by atoms with Crippen molar-refractivity contribution < 1.29 is 28.7 Å². The van der Waals surface area contributed by atoms with Crippen molar-refractivity contribution >= 4 is 193 Å². The molecule has 3 saturated heterocycles. The summed E-state index contributed by atoms with van der Waals surface area (Å²) < 4.78 is 14.5. The van der Waals surface area contributed by atoms with Gasteiger partial charge in [-0.2, -0.15) is 32.2 Å². The van der Waals surface area contributed by atoms with Gasteiger partial charge in [-0.05, 0) is 161 Å². The molecule has 39 heteroatoms. The Kier molecular flexibility index (Phi) is 33.8. The molecule has 1 saturated carbocycles. The third kappa shape index (κ3) is 24.8. The average molecular weight is 2210 g/mol. The van der Waals surface area contributed by atoms with Crippen LogP contribution in [0.3, 0.4) is 0 Å². The van der Waals surface area contributed by atoms with Crippen molar-refractivity contribution in [3.8, 4) is 62.0 Å². The summed E-state index contributed by atoms with van der Waals surface area (Å²) in [7, 11) is 5.90. The molecule has 0 radical (unpaired) electrons. The molecule has 8 aromatic carbocycles. The van der Waals surface area contributed by atoms with E-state index in [1.165, 1.54) is 17.5 Å². The molecule has 0 spiro atoms. The number of unbranched alkanes of at least 4 members (excludes halogenated alkanes) is 1. The number of piperazine rings is 1. The SMILES string of the molecule is CN1CCN(CCn2nc3nnc(-c4ccccc4)c(Cl)c3c2I)CC1.Cc1cc(OCC(=O)N/N=C2\CCc3ccc(NC(=O)c4ccc(Br)cc4C)cc32)ccc1Cl.Cc1nn(C)c2nnc(-c3ccccc3)c(Cl)c12.Cn1nc(C2CC2)c2c(Cl)c(-c3ccccc3)nnc21.O=C(CCCC[C@@H]1SC[C@@H]2NC(=O)N[C@@H]21)NCCCNC(=O)Cn1nc(-c2ccccc2)c2c(Cl)c(-c3ccccc3)nnc21. The van der Waals surface area contributed by atoms with E-state index in [0.29, 0.717) is 131 Å². The predicted octanol–water partition coefficient (Wildman–Crippen LogP) is 19.5. The summed E-state index contributed by atoms with van der Waals surface area (Å²) in [6.07, 6.45) is 7.70. The van der Waals surface area contributed by atoms with Crippen molar-refractivity contribution in [1.82, 2.24) is 116 Å². The van der Waals surface area contributed by atoms with Gasteiger partial charge in [-0.25, -0.2) is 24.3 Å². The number of urea groups is 1. The highest BCUT2D eigenvalue weighted by Crippen LogP contribution is 2.46. The van der Waals surface area contributed by atoms with E-state index in [1.54, 1.807) is 33.6 Å². The maximum atomic E-state index is 12.9. The maximum absolute atomic E-state index is 12.9. The Bertz CT molecular complexity index is 7370. The number of nitrogens with one attached hydrogen (secondary N) is 6. The van der Waals surface area contributed by atoms with Crippen molar-refractivity contribution in [2.45, 2.75) is 115 Å². The first kappa shape index (κ1) is 102. The minimum absolute atomic E-state index is 0.0101. The lowest BCUT2D eigenvalue weighted by molar-refractivity contribution is -0.123. The zero-order valence-electron chi connectivity index (χ0n) is 79.1. The molecular formula is C104H102BrCl5IN25O6S. The van der Waals surface area contributed by atoms with Crippen LogP contribution in [0.4, 0.5) is 10.5 Å². The number of nitrogens with zero attached hydrogens (tertiary/aromatic N) is 19. The Balaban J connectivity index is 0.000000128. The highest BCUT2D eigenvalue weighted by atomic mass is 127. The molecule has 8 aromatic heterocycles. The second-order valence-corrected chi connectivity index (χ2v) is 40.4. The molecular weight excluding hydrogens is 2110 g/mol. The van der Waals surface area contributed by atoms with Crippen LogP contribution in [0.15, 0.2) is 216 Å². The molecule has 143 heavy (non-hydrogen) atoms. The number of carbonyl (C=O) groups excluding carboxylic acids is 5. The van der Waals surface area contributed by atoms with E-state index in [2.05, 4.69) is 149 Å². The minimum atomic E-state index is -0.358. The second kappa shape index (κ2) is 47.4. The van der Waals surface area contributed by atoms with Gasteiger partial charge in [0.05, 0.1) is 77.4 Å². The van der Waals surface area contributed by atoms with Gasteiger partial charge in [-0.15, -0.1) is 45.9 Å². The summed E-state index contributed by atoms with van der Waals surface area (Å²) in [5.74, 6) is 1.29. The molecule has 734 valence electrons. The Morgan fingerprint density at radius 3 is 1.71 bits per heavy atom. The van der Waals surface area contributed by atoms with Crippen LogP contribution < -0.4 is 36.7 Å². The third-order valence-electron chi connectivity index (χ3n) is 25.1. The van der Waals surface area contributed by atoms with E-state index in [0.717, 1.165) is 174 Å². The molecule has 16 aromatic rings. The highest BCUT2D eigenvalue weighted by Gasteiger charge is 2.43. The monoisotopic (exact) mass is 2210 g/mol. The topological polar surface area (TPSA) is 360 Å². The van der Waals surface area contributed by atoms with Crippen molar-refractivity contribution in [3.63, 3.8) is 0 Å². The van der Waals surface area contributed by atoms with Crippen molar-refractivity contribution in [2.24, 2.45) is 19.2 Å². The van der Waals surface area contributed by atoms with Gasteiger partial charge in [-0.1, -0.05) is 238 Å². The number of halogens is 7. The number of likely N-dealkylation sites (N-methyl/N-ethyl adjacent to an activating group) is 1. The quantitative estimate of drug-likeness (QED) is 0.0127. The van der Waals surface area contributed by atoms with Crippen molar-refractivity contribution in [3.05, 3.63) is 279 Å². The largest absolute Gasteiger partial charge is 0.484 e. The van der Waals surface area contributed by atoms with Crippen LogP contribution in [0.25, 0.3) is 100 Å². The zero-order chi connectivity index (χ0) is 99.9. The van der Waals surface area contributed by atoms with E-state index >= 15 is 0 Å². The molecule has 21 rings (SSSR count). The van der Waals surface area contributed by atoms with Crippen LogP contribution in [-0.2, 0) is 48.0 Å². The summed E-state index contributed by atoms with van der Waals surface area (Å²) in [6, 6.07) is 65.7. The number of ether oxygens (including phenoxy) is 1. The molecule has 2 aliphatic carbocycles. The first-order chi connectivity index (χ1) is 69.3. The predicted molar refractivity (Wildman–Crippen MR) is 576 cm³/mol. The zero-order valence-corrected chi connectivity index (χ0v) is 87.4. The van der Waals surface area contributed by atoms with E-state index in [4.69, 9.17) is 67.8 Å². The van der Waals surface area contributed by atoms with Crippen molar-refractivity contribution in [2.75, 3.05) is 70.5 Å². The molecule has 6 amide bonds. The number of benzene rings is 8. The molecule has 11 heterocycles. The van der Waals surface area contributed by atoms with E-state index in [9.17, 15) is 24.0 Å². The Hall–Kier alpha value is -12.5. The first-order valence-electron chi connectivity index (χ1n) is 46.9. The number of anilines is 1. The first-order valence-corrected chi connectivity index (χ1v) is 51.8.